The van der Waals surface area contributed by atoms with Crippen LogP contribution < -0.4 is 0 Å². The fourth-order valence-electron chi connectivity index (χ4n) is 2.40. The van der Waals surface area contributed by atoms with Crippen LogP contribution in [0.2, 0.25) is 0 Å². The van der Waals surface area contributed by atoms with Crippen LogP contribution in [0, 0.1) is 6.92 Å². The lowest BCUT2D eigenvalue weighted by Gasteiger charge is -2.06. The van der Waals surface area contributed by atoms with E-state index in [0.29, 0.717) is 12.1 Å². The Morgan fingerprint density at radius 1 is 1.05 bits per heavy atom. The van der Waals surface area contributed by atoms with Gasteiger partial charge in [-0.15, -0.1) is 0 Å². The second kappa shape index (κ2) is 5.25. The molecule has 0 fully saturated rings. The number of Topliss-reactive ketones (excluding diaryl/α,β-unsaturated/α-hetero) is 1. The average molecular weight is 261 g/mol. The minimum absolute atomic E-state index is 0.0602. The summed E-state index contributed by atoms with van der Waals surface area (Å²) in [6.07, 6.45) is 2.07. The van der Waals surface area contributed by atoms with Gasteiger partial charge in [-0.3, -0.25) is 9.78 Å². The minimum Gasteiger partial charge on any atom is -0.292 e. The maximum atomic E-state index is 12.3. The van der Waals surface area contributed by atoms with Crippen LogP contribution in [0.5, 0.6) is 0 Å². The molecule has 2 heteroatoms. The molecule has 1 aromatic heterocycles. The van der Waals surface area contributed by atoms with Gasteiger partial charge in [-0.05, 0) is 41.0 Å². The molecule has 0 saturated carbocycles. The van der Waals surface area contributed by atoms with E-state index in [9.17, 15) is 4.79 Å². The molecule has 98 valence electrons. The zero-order chi connectivity index (χ0) is 13.9. The molecular weight excluding hydrogens is 246 g/mol. The summed E-state index contributed by atoms with van der Waals surface area (Å²) in [7, 11) is 0. The first-order chi connectivity index (χ1) is 9.74. The minimum atomic E-state index is 0.0602. The number of carbonyl (C=O) groups excluding carboxylic acids is 1. The molecule has 0 spiro atoms. The number of ketones is 1. The Morgan fingerprint density at radius 3 is 2.70 bits per heavy atom. The lowest BCUT2D eigenvalue weighted by molar-refractivity contribution is 0.0988. The van der Waals surface area contributed by atoms with Crippen LogP contribution in [0.1, 0.15) is 21.6 Å². The zero-order valence-corrected chi connectivity index (χ0v) is 11.3. The maximum absolute atomic E-state index is 12.3. The summed E-state index contributed by atoms with van der Waals surface area (Å²) >= 11 is 0. The van der Waals surface area contributed by atoms with Crippen LogP contribution in [0.3, 0.4) is 0 Å². The standard InChI is InChI=1S/C18H15NO/c1-13-9-10-19-17(11-13)18(20)12-15-7-4-6-14-5-2-3-8-16(14)15/h2-11H,12H2,1H3. The number of aromatic nitrogens is 1. The highest BCUT2D eigenvalue weighted by molar-refractivity contribution is 5.98. The molecule has 0 N–H and O–H groups in total. The molecule has 2 nitrogen and oxygen atoms in total. The van der Waals surface area contributed by atoms with Crippen molar-refractivity contribution < 1.29 is 4.79 Å². The molecule has 3 aromatic rings. The van der Waals surface area contributed by atoms with Crippen LogP contribution in [0.4, 0.5) is 0 Å². The van der Waals surface area contributed by atoms with E-state index in [2.05, 4.69) is 23.2 Å². The summed E-state index contributed by atoms with van der Waals surface area (Å²) in [4.78, 5) is 16.5. The number of rotatable bonds is 3. The van der Waals surface area contributed by atoms with Gasteiger partial charge in [-0.2, -0.15) is 0 Å². The van der Waals surface area contributed by atoms with E-state index in [-0.39, 0.29) is 5.78 Å². The largest absolute Gasteiger partial charge is 0.292 e. The second-order valence-corrected chi connectivity index (χ2v) is 4.96. The zero-order valence-electron chi connectivity index (χ0n) is 11.3. The van der Waals surface area contributed by atoms with Crippen LogP contribution >= 0.6 is 0 Å². The van der Waals surface area contributed by atoms with Gasteiger partial charge in [0.25, 0.3) is 0 Å². The van der Waals surface area contributed by atoms with Gasteiger partial charge in [0.2, 0.25) is 0 Å². The fraction of sp³-hybridized carbons (Fsp3) is 0.111. The monoisotopic (exact) mass is 261 g/mol. The van der Waals surface area contributed by atoms with E-state index in [1.165, 1.54) is 0 Å². The molecule has 0 amide bonds. The smallest absolute Gasteiger partial charge is 0.185 e. The number of carbonyl (C=O) groups is 1. The summed E-state index contributed by atoms with van der Waals surface area (Å²) in [6.45, 7) is 1.97. The third kappa shape index (κ3) is 2.45. The van der Waals surface area contributed by atoms with Crippen molar-refractivity contribution in [1.29, 1.82) is 0 Å². The quantitative estimate of drug-likeness (QED) is 0.668. The van der Waals surface area contributed by atoms with Crippen molar-refractivity contribution in [3.63, 3.8) is 0 Å². The van der Waals surface area contributed by atoms with Gasteiger partial charge in [0.1, 0.15) is 5.69 Å². The van der Waals surface area contributed by atoms with Crippen LogP contribution in [0.15, 0.2) is 60.8 Å². The van der Waals surface area contributed by atoms with Crippen LogP contribution in [-0.2, 0) is 6.42 Å². The molecule has 1 heterocycles. The predicted molar refractivity (Wildman–Crippen MR) is 81.0 cm³/mol. The summed E-state index contributed by atoms with van der Waals surface area (Å²) in [5, 5.41) is 2.30. The lowest BCUT2D eigenvalue weighted by Crippen LogP contribution is -2.06. The third-order valence-corrected chi connectivity index (χ3v) is 3.43. The Morgan fingerprint density at radius 2 is 1.85 bits per heavy atom. The van der Waals surface area contributed by atoms with Gasteiger partial charge < -0.3 is 0 Å². The highest BCUT2D eigenvalue weighted by Gasteiger charge is 2.10. The first-order valence-corrected chi connectivity index (χ1v) is 6.66. The molecular formula is C18H15NO. The first kappa shape index (κ1) is 12.5. The van der Waals surface area contributed by atoms with E-state index in [1.807, 2.05) is 43.3 Å². The number of hydrogen-bond donors (Lipinski definition) is 0. The topological polar surface area (TPSA) is 30.0 Å². The molecule has 0 bridgehead atoms. The molecule has 0 saturated heterocycles. The van der Waals surface area contributed by atoms with E-state index in [4.69, 9.17) is 0 Å². The second-order valence-electron chi connectivity index (χ2n) is 4.96. The Balaban J connectivity index is 1.95. The van der Waals surface area contributed by atoms with Crippen molar-refractivity contribution in [3.05, 3.63) is 77.6 Å². The Bertz CT molecular complexity index is 772. The molecule has 3 rings (SSSR count). The fourth-order valence-corrected chi connectivity index (χ4v) is 2.40. The summed E-state index contributed by atoms with van der Waals surface area (Å²) in [5.41, 5.74) is 2.65. The van der Waals surface area contributed by atoms with Crippen molar-refractivity contribution in [2.75, 3.05) is 0 Å². The van der Waals surface area contributed by atoms with E-state index < -0.39 is 0 Å². The van der Waals surface area contributed by atoms with Gasteiger partial charge in [0, 0.05) is 12.6 Å². The third-order valence-electron chi connectivity index (χ3n) is 3.43. The molecule has 0 aliphatic heterocycles. The molecule has 0 aliphatic rings. The summed E-state index contributed by atoms with van der Waals surface area (Å²) in [5.74, 6) is 0.0602. The highest BCUT2D eigenvalue weighted by atomic mass is 16.1. The number of hydrogen-bond acceptors (Lipinski definition) is 2. The normalized spacial score (nSPS) is 10.7. The summed E-state index contributed by atoms with van der Waals surface area (Å²) in [6, 6.07) is 17.9. The SMILES string of the molecule is Cc1ccnc(C(=O)Cc2cccc3ccccc23)c1. The van der Waals surface area contributed by atoms with Crippen molar-refractivity contribution >= 4 is 16.6 Å². The van der Waals surface area contributed by atoms with E-state index in [1.54, 1.807) is 6.20 Å². The number of benzene rings is 2. The van der Waals surface area contributed by atoms with Gasteiger partial charge in [-0.25, -0.2) is 0 Å². The lowest BCUT2D eigenvalue weighted by atomic mass is 9.99. The average Bonchev–Trinajstić information content (AvgIpc) is 2.47. The van der Waals surface area contributed by atoms with Gasteiger partial charge in [0.05, 0.1) is 0 Å². The predicted octanol–water partition coefficient (Wildman–Crippen LogP) is 3.97. The molecule has 0 unspecified atom stereocenters. The molecule has 0 aliphatic carbocycles. The van der Waals surface area contributed by atoms with Gasteiger partial charge in [-0.1, -0.05) is 42.5 Å². The van der Waals surface area contributed by atoms with Crippen molar-refractivity contribution in [2.45, 2.75) is 13.3 Å². The molecule has 2 aromatic carbocycles. The molecule has 20 heavy (non-hydrogen) atoms. The van der Waals surface area contributed by atoms with E-state index >= 15 is 0 Å². The number of fused-ring (bicyclic) bond motifs is 1. The molecule has 0 atom stereocenters. The van der Waals surface area contributed by atoms with Crippen molar-refractivity contribution in [1.82, 2.24) is 4.98 Å². The van der Waals surface area contributed by atoms with E-state index in [0.717, 1.165) is 21.9 Å². The Labute approximate surface area is 118 Å². The Kier molecular flexibility index (Phi) is 3.30. The first-order valence-electron chi connectivity index (χ1n) is 6.66. The number of aryl methyl sites for hydroxylation is 1. The van der Waals surface area contributed by atoms with Crippen molar-refractivity contribution in [3.8, 4) is 0 Å². The van der Waals surface area contributed by atoms with Crippen molar-refractivity contribution in [2.24, 2.45) is 0 Å². The van der Waals surface area contributed by atoms with Gasteiger partial charge >= 0.3 is 0 Å². The van der Waals surface area contributed by atoms with Crippen LogP contribution in [-0.4, -0.2) is 10.8 Å². The van der Waals surface area contributed by atoms with Crippen LogP contribution in [0.25, 0.3) is 10.8 Å². The Hall–Kier alpha value is -2.48. The maximum Gasteiger partial charge on any atom is 0.185 e. The van der Waals surface area contributed by atoms with Gasteiger partial charge in [0.15, 0.2) is 5.78 Å². The number of pyridine rings is 1. The summed E-state index contributed by atoms with van der Waals surface area (Å²) < 4.78 is 0. The molecule has 0 radical (unpaired) electrons. The highest BCUT2D eigenvalue weighted by Crippen LogP contribution is 2.20. The number of nitrogens with zero attached hydrogens (tertiary/aromatic N) is 1.